The summed E-state index contributed by atoms with van der Waals surface area (Å²) in [5.41, 5.74) is 1.45. The molecule has 1 aromatic carbocycles. The molecule has 1 saturated heterocycles. The molecule has 3 unspecified atom stereocenters. The molecule has 100 valence electrons. The number of rotatable bonds is 2. The lowest BCUT2D eigenvalue weighted by atomic mass is 9.93. The van der Waals surface area contributed by atoms with Crippen LogP contribution in [0.25, 0.3) is 0 Å². The largest absolute Gasteiger partial charge is 0.372 e. The van der Waals surface area contributed by atoms with E-state index in [2.05, 4.69) is 66.3 Å². The van der Waals surface area contributed by atoms with Crippen LogP contribution < -0.4 is 5.32 Å². The summed E-state index contributed by atoms with van der Waals surface area (Å²) in [7, 11) is 0. The number of nitrogens with one attached hydrogen (secondary N) is 1. The number of hydrogen-bond donors (Lipinski definition) is 1. The predicted molar refractivity (Wildman–Crippen MR) is 78.7 cm³/mol. The lowest BCUT2D eigenvalue weighted by molar-refractivity contribution is 0.0460. The third-order valence-corrected chi connectivity index (χ3v) is 4.49. The van der Waals surface area contributed by atoms with Crippen molar-refractivity contribution in [3.8, 4) is 0 Å². The summed E-state index contributed by atoms with van der Waals surface area (Å²) in [5.74, 6) is 0. The van der Waals surface area contributed by atoms with E-state index in [1.54, 1.807) is 0 Å². The second-order valence-corrected chi connectivity index (χ2v) is 6.36. The molecule has 0 bridgehead atoms. The summed E-state index contributed by atoms with van der Waals surface area (Å²) in [6.07, 6.45) is 2.35. The minimum Gasteiger partial charge on any atom is -0.372 e. The van der Waals surface area contributed by atoms with Gasteiger partial charge in [0.1, 0.15) is 0 Å². The summed E-state index contributed by atoms with van der Waals surface area (Å²) >= 11 is 3.47. The maximum absolute atomic E-state index is 6.06. The minimum absolute atomic E-state index is 0.145. The number of benzene rings is 1. The summed E-state index contributed by atoms with van der Waals surface area (Å²) < 4.78 is 7.17. The van der Waals surface area contributed by atoms with Crippen molar-refractivity contribution in [2.45, 2.75) is 51.3 Å². The zero-order valence-corrected chi connectivity index (χ0v) is 13.0. The van der Waals surface area contributed by atoms with E-state index >= 15 is 0 Å². The molecule has 1 aliphatic heterocycles. The fourth-order valence-corrected chi connectivity index (χ4v) is 2.83. The SMILES string of the molecule is CCC1(C)CCOC(c2ccc(Br)cc2)C(C)N1. The molecule has 1 heterocycles. The van der Waals surface area contributed by atoms with Crippen LogP contribution in [0.15, 0.2) is 28.7 Å². The molecule has 0 aliphatic carbocycles. The second-order valence-electron chi connectivity index (χ2n) is 5.44. The average Bonchev–Trinajstić information content (AvgIpc) is 2.50. The van der Waals surface area contributed by atoms with E-state index in [4.69, 9.17) is 4.74 Å². The third-order valence-electron chi connectivity index (χ3n) is 3.96. The molecular weight excluding hydrogens is 290 g/mol. The van der Waals surface area contributed by atoms with E-state index in [0.29, 0.717) is 6.04 Å². The molecule has 3 atom stereocenters. The van der Waals surface area contributed by atoms with Crippen molar-refractivity contribution in [2.24, 2.45) is 0 Å². The average molecular weight is 312 g/mol. The van der Waals surface area contributed by atoms with Crippen molar-refractivity contribution in [1.29, 1.82) is 0 Å². The smallest absolute Gasteiger partial charge is 0.0975 e. The fourth-order valence-electron chi connectivity index (χ4n) is 2.57. The predicted octanol–water partition coefficient (Wildman–Crippen LogP) is 4.06. The van der Waals surface area contributed by atoms with Gasteiger partial charge in [-0.15, -0.1) is 0 Å². The van der Waals surface area contributed by atoms with Crippen LogP contribution in [-0.2, 0) is 4.74 Å². The van der Waals surface area contributed by atoms with E-state index in [-0.39, 0.29) is 11.6 Å². The summed E-state index contributed by atoms with van der Waals surface area (Å²) in [6, 6.07) is 8.77. The van der Waals surface area contributed by atoms with Crippen LogP contribution in [0.2, 0.25) is 0 Å². The van der Waals surface area contributed by atoms with Gasteiger partial charge in [0.25, 0.3) is 0 Å². The van der Waals surface area contributed by atoms with Crippen LogP contribution in [0.4, 0.5) is 0 Å². The molecule has 3 heteroatoms. The van der Waals surface area contributed by atoms with Crippen LogP contribution in [-0.4, -0.2) is 18.2 Å². The monoisotopic (exact) mass is 311 g/mol. The maximum Gasteiger partial charge on any atom is 0.0975 e. The molecule has 0 saturated carbocycles. The Morgan fingerprint density at radius 3 is 2.67 bits per heavy atom. The molecule has 1 aromatic rings. The van der Waals surface area contributed by atoms with Gasteiger partial charge in [-0.25, -0.2) is 0 Å². The van der Waals surface area contributed by atoms with Gasteiger partial charge in [0, 0.05) is 22.7 Å². The minimum atomic E-state index is 0.145. The highest BCUT2D eigenvalue weighted by molar-refractivity contribution is 9.10. The van der Waals surface area contributed by atoms with Crippen LogP contribution in [0.3, 0.4) is 0 Å². The molecule has 0 aromatic heterocycles. The fraction of sp³-hybridized carbons (Fsp3) is 0.600. The van der Waals surface area contributed by atoms with Gasteiger partial charge in [0.2, 0.25) is 0 Å². The number of ether oxygens (including phenoxy) is 1. The molecule has 0 amide bonds. The Balaban J connectivity index is 2.16. The van der Waals surface area contributed by atoms with Crippen LogP contribution in [0.1, 0.15) is 45.3 Å². The van der Waals surface area contributed by atoms with Crippen LogP contribution in [0.5, 0.6) is 0 Å². The first kappa shape index (κ1) is 14.0. The molecule has 0 radical (unpaired) electrons. The first-order chi connectivity index (χ1) is 8.54. The van der Waals surface area contributed by atoms with Crippen molar-refractivity contribution in [3.05, 3.63) is 34.3 Å². The standard InChI is InChI=1S/C15H22BrNO/c1-4-15(3)9-10-18-14(11(2)17-15)12-5-7-13(16)8-6-12/h5-8,11,14,17H,4,9-10H2,1-3H3. The van der Waals surface area contributed by atoms with Gasteiger partial charge < -0.3 is 10.1 Å². The van der Waals surface area contributed by atoms with E-state index in [0.717, 1.165) is 23.9 Å². The van der Waals surface area contributed by atoms with Gasteiger partial charge >= 0.3 is 0 Å². The highest BCUT2D eigenvalue weighted by atomic mass is 79.9. The Labute approximate surface area is 118 Å². The topological polar surface area (TPSA) is 21.3 Å². The Hall–Kier alpha value is -0.380. The van der Waals surface area contributed by atoms with Crippen molar-refractivity contribution in [2.75, 3.05) is 6.61 Å². The molecule has 18 heavy (non-hydrogen) atoms. The Morgan fingerprint density at radius 2 is 2.06 bits per heavy atom. The molecule has 0 spiro atoms. The van der Waals surface area contributed by atoms with E-state index in [9.17, 15) is 0 Å². The van der Waals surface area contributed by atoms with Crippen molar-refractivity contribution in [1.82, 2.24) is 5.32 Å². The highest BCUT2D eigenvalue weighted by Gasteiger charge is 2.32. The number of halogens is 1. The van der Waals surface area contributed by atoms with Crippen molar-refractivity contribution in [3.63, 3.8) is 0 Å². The Morgan fingerprint density at radius 1 is 1.39 bits per heavy atom. The van der Waals surface area contributed by atoms with Gasteiger partial charge in [-0.2, -0.15) is 0 Å². The van der Waals surface area contributed by atoms with E-state index in [1.165, 1.54) is 5.56 Å². The van der Waals surface area contributed by atoms with E-state index < -0.39 is 0 Å². The van der Waals surface area contributed by atoms with Gasteiger partial charge in [-0.1, -0.05) is 35.0 Å². The molecule has 1 fully saturated rings. The van der Waals surface area contributed by atoms with E-state index in [1.807, 2.05) is 0 Å². The lowest BCUT2D eigenvalue weighted by Gasteiger charge is -2.31. The number of hydrogen-bond acceptors (Lipinski definition) is 2. The van der Waals surface area contributed by atoms with Crippen LogP contribution in [0, 0.1) is 0 Å². The molecule has 1 N–H and O–H groups in total. The third kappa shape index (κ3) is 3.14. The Kier molecular flexibility index (Phi) is 4.46. The van der Waals surface area contributed by atoms with Crippen molar-refractivity contribution < 1.29 is 4.74 Å². The lowest BCUT2D eigenvalue weighted by Crippen LogP contribution is -2.47. The normalized spacial score (nSPS) is 33.1. The zero-order valence-electron chi connectivity index (χ0n) is 11.4. The highest BCUT2D eigenvalue weighted by Crippen LogP contribution is 2.29. The van der Waals surface area contributed by atoms with Crippen LogP contribution >= 0.6 is 15.9 Å². The molecule has 2 rings (SSSR count). The summed E-state index contributed by atoms with van der Waals surface area (Å²) in [4.78, 5) is 0. The van der Waals surface area contributed by atoms with Gasteiger partial charge in [-0.05, 0) is 44.4 Å². The first-order valence-electron chi connectivity index (χ1n) is 6.69. The first-order valence-corrected chi connectivity index (χ1v) is 7.48. The molecule has 1 aliphatic rings. The summed E-state index contributed by atoms with van der Waals surface area (Å²) in [5, 5.41) is 3.73. The van der Waals surface area contributed by atoms with Gasteiger partial charge in [0.15, 0.2) is 0 Å². The quantitative estimate of drug-likeness (QED) is 0.889. The van der Waals surface area contributed by atoms with Gasteiger partial charge in [0.05, 0.1) is 6.10 Å². The summed E-state index contributed by atoms with van der Waals surface area (Å²) in [6.45, 7) is 7.56. The zero-order chi connectivity index (χ0) is 13.2. The molecule has 2 nitrogen and oxygen atoms in total. The van der Waals surface area contributed by atoms with Crippen molar-refractivity contribution >= 4 is 15.9 Å². The maximum atomic E-state index is 6.06. The molecular formula is C15H22BrNO. The Bertz CT molecular complexity index is 392. The van der Waals surface area contributed by atoms with Gasteiger partial charge in [-0.3, -0.25) is 0 Å². The second kappa shape index (κ2) is 5.72.